The Labute approximate surface area is 192 Å². The van der Waals surface area contributed by atoms with Crippen molar-refractivity contribution >= 4 is 22.8 Å². The lowest BCUT2D eigenvalue weighted by molar-refractivity contribution is -0.274. The van der Waals surface area contributed by atoms with E-state index in [2.05, 4.69) is 4.74 Å². The monoisotopic (exact) mass is 481 g/mol. The first-order valence-electron chi connectivity index (χ1n) is 10.4. The predicted molar refractivity (Wildman–Crippen MR) is 116 cm³/mol. The zero-order chi connectivity index (χ0) is 25.4. The van der Waals surface area contributed by atoms with E-state index in [4.69, 9.17) is 4.74 Å². The molecule has 0 fully saturated rings. The SMILES string of the molecule is CCC(C)[C@@H](C(=O)O)c1c(C)n(C(=O)c2ccc(OC(F)(F)F)cc2)c2cc(F)c(OC)cc12. The third-order valence-corrected chi connectivity index (χ3v) is 5.85. The zero-order valence-electron chi connectivity index (χ0n) is 18.9. The number of nitrogens with zero attached hydrogens (tertiary/aromatic N) is 1. The topological polar surface area (TPSA) is 77.8 Å². The number of carbonyl (C=O) groups excluding carboxylic acids is 1. The van der Waals surface area contributed by atoms with Gasteiger partial charge in [0.05, 0.1) is 18.5 Å². The molecule has 3 aromatic rings. The Morgan fingerprint density at radius 2 is 1.76 bits per heavy atom. The van der Waals surface area contributed by atoms with Crippen LogP contribution in [0.3, 0.4) is 0 Å². The third-order valence-electron chi connectivity index (χ3n) is 5.85. The summed E-state index contributed by atoms with van der Waals surface area (Å²) >= 11 is 0. The summed E-state index contributed by atoms with van der Waals surface area (Å²) < 4.78 is 62.0. The predicted octanol–water partition coefficient (Wildman–Crippen LogP) is 5.90. The maximum absolute atomic E-state index is 14.6. The van der Waals surface area contributed by atoms with Crippen LogP contribution in [0, 0.1) is 18.7 Å². The first kappa shape index (κ1) is 25.1. The second-order valence-corrected chi connectivity index (χ2v) is 7.92. The van der Waals surface area contributed by atoms with Gasteiger partial charge in [0, 0.05) is 22.7 Å². The molecule has 182 valence electrons. The quantitative estimate of drug-likeness (QED) is 0.425. The Morgan fingerprint density at radius 3 is 2.26 bits per heavy atom. The van der Waals surface area contributed by atoms with Gasteiger partial charge < -0.3 is 14.6 Å². The molecule has 0 aliphatic heterocycles. The number of carboxylic acids is 1. The van der Waals surface area contributed by atoms with Crippen molar-refractivity contribution in [2.24, 2.45) is 5.92 Å². The highest BCUT2D eigenvalue weighted by atomic mass is 19.4. The molecule has 6 nitrogen and oxygen atoms in total. The van der Waals surface area contributed by atoms with E-state index in [1.807, 2.05) is 6.92 Å². The summed E-state index contributed by atoms with van der Waals surface area (Å²) in [5, 5.41) is 10.3. The fraction of sp³-hybridized carbons (Fsp3) is 0.333. The maximum Gasteiger partial charge on any atom is 0.573 e. The molecule has 0 aliphatic carbocycles. The second-order valence-electron chi connectivity index (χ2n) is 7.92. The fourth-order valence-corrected chi connectivity index (χ4v) is 4.07. The van der Waals surface area contributed by atoms with Gasteiger partial charge in [-0.2, -0.15) is 0 Å². The van der Waals surface area contributed by atoms with Gasteiger partial charge in [0.15, 0.2) is 11.6 Å². The van der Waals surface area contributed by atoms with Crippen LogP contribution in [0.25, 0.3) is 10.9 Å². The minimum Gasteiger partial charge on any atom is -0.494 e. The van der Waals surface area contributed by atoms with Crippen LogP contribution in [0.15, 0.2) is 36.4 Å². The number of hydrogen-bond donors (Lipinski definition) is 1. The molecule has 1 aromatic heterocycles. The smallest absolute Gasteiger partial charge is 0.494 e. The zero-order valence-corrected chi connectivity index (χ0v) is 18.9. The van der Waals surface area contributed by atoms with Gasteiger partial charge in [0.25, 0.3) is 5.91 Å². The number of carboxylic acid groups (broad SMARTS) is 1. The van der Waals surface area contributed by atoms with Crippen LogP contribution in [0.5, 0.6) is 11.5 Å². The van der Waals surface area contributed by atoms with Crippen molar-refractivity contribution in [3.63, 3.8) is 0 Å². The van der Waals surface area contributed by atoms with Crippen LogP contribution in [-0.4, -0.2) is 35.0 Å². The Kier molecular flexibility index (Phi) is 6.90. The number of alkyl halides is 3. The van der Waals surface area contributed by atoms with Crippen LogP contribution in [0.1, 0.15) is 47.8 Å². The number of rotatable bonds is 7. The molecular weight excluding hydrogens is 458 g/mol. The first-order chi connectivity index (χ1) is 15.9. The van der Waals surface area contributed by atoms with E-state index in [0.29, 0.717) is 17.4 Å². The highest BCUT2D eigenvalue weighted by Crippen LogP contribution is 2.40. The molecule has 0 radical (unpaired) electrons. The number of halogens is 4. The Balaban J connectivity index is 2.23. The van der Waals surface area contributed by atoms with Crippen molar-refractivity contribution in [2.75, 3.05) is 7.11 Å². The molecular formula is C24H23F4NO5. The molecule has 0 aliphatic rings. The van der Waals surface area contributed by atoms with E-state index >= 15 is 0 Å². The summed E-state index contributed by atoms with van der Waals surface area (Å²) in [5.41, 5.74) is 0.769. The van der Waals surface area contributed by atoms with Crippen LogP contribution in [-0.2, 0) is 4.79 Å². The number of carbonyl (C=O) groups is 2. The summed E-state index contributed by atoms with van der Waals surface area (Å²) in [5.74, 6) is -4.42. The van der Waals surface area contributed by atoms with Gasteiger partial charge in [-0.25, -0.2) is 4.39 Å². The minimum absolute atomic E-state index is 0.00714. The molecule has 0 saturated heterocycles. The van der Waals surface area contributed by atoms with Crippen molar-refractivity contribution in [1.29, 1.82) is 0 Å². The fourth-order valence-electron chi connectivity index (χ4n) is 4.07. The first-order valence-corrected chi connectivity index (χ1v) is 10.4. The number of fused-ring (bicyclic) bond motifs is 1. The minimum atomic E-state index is -4.88. The molecule has 1 unspecified atom stereocenters. The summed E-state index contributed by atoms with van der Waals surface area (Å²) in [6.45, 7) is 5.16. The summed E-state index contributed by atoms with van der Waals surface area (Å²) in [6.07, 6.45) is -4.35. The highest BCUT2D eigenvalue weighted by Gasteiger charge is 2.34. The van der Waals surface area contributed by atoms with Gasteiger partial charge in [0.1, 0.15) is 5.75 Å². The third kappa shape index (κ3) is 4.71. The van der Waals surface area contributed by atoms with E-state index in [9.17, 15) is 32.3 Å². The Hall–Kier alpha value is -3.56. The number of aliphatic carboxylic acids is 1. The van der Waals surface area contributed by atoms with E-state index in [0.717, 1.165) is 30.3 Å². The Bertz CT molecular complexity index is 1230. The molecule has 2 aromatic carbocycles. The molecule has 0 saturated carbocycles. The highest BCUT2D eigenvalue weighted by molar-refractivity contribution is 6.05. The van der Waals surface area contributed by atoms with Crippen molar-refractivity contribution in [2.45, 2.75) is 39.5 Å². The summed E-state index contributed by atoms with van der Waals surface area (Å²) in [7, 11) is 1.27. The number of aromatic nitrogens is 1. The molecule has 0 amide bonds. The molecule has 0 bridgehead atoms. The van der Waals surface area contributed by atoms with Crippen LogP contribution < -0.4 is 9.47 Å². The lowest BCUT2D eigenvalue weighted by atomic mass is 9.84. The second kappa shape index (κ2) is 9.36. The van der Waals surface area contributed by atoms with E-state index < -0.39 is 35.7 Å². The largest absolute Gasteiger partial charge is 0.573 e. The number of ether oxygens (including phenoxy) is 2. The van der Waals surface area contributed by atoms with Gasteiger partial charge in [-0.3, -0.25) is 14.2 Å². The number of methoxy groups -OCH3 is 1. The van der Waals surface area contributed by atoms with Gasteiger partial charge in [0.2, 0.25) is 0 Å². The van der Waals surface area contributed by atoms with Gasteiger partial charge in [-0.1, -0.05) is 20.3 Å². The molecule has 1 heterocycles. The van der Waals surface area contributed by atoms with Crippen molar-refractivity contribution in [3.05, 3.63) is 59.0 Å². The molecule has 1 N–H and O–H groups in total. The van der Waals surface area contributed by atoms with Crippen molar-refractivity contribution < 1.29 is 41.7 Å². The molecule has 0 spiro atoms. The van der Waals surface area contributed by atoms with E-state index in [1.54, 1.807) is 13.8 Å². The molecule has 34 heavy (non-hydrogen) atoms. The molecule has 2 atom stereocenters. The van der Waals surface area contributed by atoms with Crippen LogP contribution in [0.2, 0.25) is 0 Å². The standard InChI is InChI=1S/C24H23F4NO5/c1-5-12(2)20(23(31)32)21-13(3)29(18-11-17(25)19(33-4)10-16(18)21)22(30)14-6-8-15(9-7-14)34-24(26,27)28/h6-12,20H,5H2,1-4H3,(H,31,32)/t12?,20-/m1/s1. The maximum atomic E-state index is 14.6. The summed E-state index contributed by atoms with van der Waals surface area (Å²) in [6, 6.07) is 6.72. The van der Waals surface area contributed by atoms with Crippen molar-refractivity contribution in [3.8, 4) is 11.5 Å². The lowest BCUT2D eigenvalue weighted by Crippen LogP contribution is -2.21. The average Bonchev–Trinajstić information content (AvgIpc) is 3.02. The normalized spacial score (nSPS) is 13.5. The summed E-state index contributed by atoms with van der Waals surface area (Å²) in [4.78, 5) is 25.6. The molecule has 3 rings (SSSR count). The van der Waals surface area contributed by atoms with Gasteiger partial charge in [-0.05, 0) is 48.7 Å². The number of hydrogen-bond acceptors (Lipinski definition) is 4. The molecule has 10 heteroatoms. The van der Waals surface area contributed by atoms with E-state index in [-0.39, 0.29) is 28.4 Å². The van der Waals surface area contributed by atoms with E-state index in [1.165, 1.54) is 17.7 Å². The van der Waals surface area contributed by atoms with Crippen LogP contribution in [0.4, 0.5) is 17.6 Å². The van der Waals surface area contributed by atoms with Crippen LogP contribution >= 0.6 is 0 Å². The average molecular weight is 481 g/mol. The lowest BCUT2D eigenvalue weighted by Gasteiger charge is -2.20. The Morgan fingerprint density at radius 1 is 1.15 bits per heavy atom. The van der Waals surface area contributed by atoms with Crippen molar-refractivity contribution in [1.82, 2.24) is 4.57 Å². The van der Waals surface area contributed by atoms with Gasteiger partial charge in [-0.15, -0.1) is 13.2 Å². The van der Waals surface area contributed by atoms with Gasteiger partial charge >= 0.3 is 12.3 Å². The number of benzene rings is 2.